The molecule has 5 nitrogen and oxygen atoms in total. The van der Waals surface area contributed by atoms with E-state index in [0.717, 1.165) is 6.54 Å². The molecule has 2 aromatic rings. The largest absolute Gasteiger partial charge is 0.461 e. The Bertz CT molecular complexity index is 491. The summed E-state index contributed by atoms with van der Waals surface area (Å²) in [6.07, 6.45) is 5.30. The minimum absolute atomic E-state index is 0.464. The average molecular weight is 277 g/mol. The van der Waals surface area contributed by atoms with Crippen LogP contribution >= 0.6 is 0 Å². The first-order chi connectivity index (χ1) is 9.70. The van der Waals surface area contributed by atoms with Crippen molar-refractivity contribution in [3.63, 3.8) is 0 Å². The summed E-state index contributed by atoms with van der Waals surface area (Å²) in [5.74, 6) is 1.80. The van der Waals surface area contributed by atoms with Crippen molar-refractivity contribution >= 4 is 0 Å². The van der Waals surface area contributed by atoms with Crippen molar-refractivity contribution in [2.45, 2.75) is 52.6 Å². The van der Waals surface area contributed by atoms with Crippen LogP contribution in [0.5, 0.6) is 0 Å². The zero-order chi connectivity index (χ0) is 14.4. The molecule has 0 N–H and O–H groups in total. The Kier molecular flexibility index (Phi) is 5.35. The summed E-state index contributed by atoms with van der Waals surface area (Å²) in [7, 11) is 0. The second kappa shape index (κ2) is 7.24. The maximum atomic E-state index is 5.31. The minimum Gasteiger partial charge on any atom is -0.461 e. The van der Waals surface area contributed by atoms with Gasteiger partial charge in [-0.05, 0) is 38.9 Å². The second-order valence-corrected chi connectivity index (χ2v) is 5.26. The van der Waals surface area contributed by atoms with E-state index in [1.54, 1.807) is 6.26 Å². The maximum Gasteiger partial charge on any atom is 0.241 e. The van der Waals surface area contributed by atoms with Gasteiger partial charge in [-0.1, -0.05) is 24.9 Å². The monoisotopic (exact) mass is 277 g/mol. The van der Waals surface area contributed by atoms with Crippen LogP contribution in [-0.2, 0) is 6.54 Å². The highest BCUT2D eigenvalue weighted by Crippen LogP contribution is 2.17. The Hall–Kier alpha value is -1.62. The fourth-order valence-electron chi connectivity index (χ4n) is 2.08. The lowest BCUT2D eigenvalue weighted by Gasteiger charge is -2.24. The Balaban J connectivity index is 1.96. The van der Waals surface area contributed by atoms with Crippen LogP contribution in [0.15, 0.2) is 27.3 Å². The molecule has 0 aromatic carbocycles. The number of rotatable bonds is 8. The molecule has 0 radical (unpaired) electrons. The first kappa shape index (κ1) is 14.8. The third kappa shape index (κ3) is 3.93. The van der Waals surface area contributed by atoms with Crippen molar-refractivity contribution in [3.05, 3.63) is 24.3 Å². The quantitative estimate of drug-likeness (QED) is 0.688. The van der Waals surface area contributed by atoms with Crippen LogP contribution in [0.25, 0.3) is 11.6 Å². The molecule has 0 aliphatic carbocycles. The molecule has 0 bridgehead atoms. The number of aromatic nitrogens is 2. The third-order valence-electron chi connectivity index (χ3n) is 3.33. The van der Waals surface area contributed by atoms with Crippen molar-refractivity contribution in [2.75, 3.05) is 6.54 Å². The maximum absolute atomic E-state index is 5.31. The summed E-state index contributed by atoms with van der Waals surface area (Å²) in [6, 6.07) is 4.11. The normalized spacial score (nSPS) is 11.7. The van der Waals surface area contributed by atoms with E-state index >= 15 is 0 Å². The molecule has 0 unspecified atom stereocenters. The molecule has 0 saturated heterocycles. The van der Waals surface area contributed by atoms with Crippen LogP contribution in [0.3, 0.4) is 0 Å². The zero-order valence-electron chi connectivity index (χ0n) is 12.5. The standard InChI is InChI=1S/C15H23N3O2/c1-4-5-6-9-18(12(2)3)11-14-16-15(17-20-14)13-8-7-10-19-13/h7-8,10,12H,4-6,9,11H2,1-3H3. The Labute approximate surface area is 120 Å². The van der Waals surface area contributed by atoms with Gasteiger partial charge < -0.3 is 8.94 Å². The highest BCUT2D eigenvalue weighted by molar-refractivity contribution is 5.44. The summed E-state index contributed by atoms with van der Waals surface area (Å²) in [5, 5.41) is 3.96. The van der Waals surface area contributed by atoms with Gasteiger partial charge in [-0.25, -0.2) is 0 Å². The molecule has 0 amide bonds. The van der Waals surface area contributed by atoms with E-state index in [1.807, 2.05) is 12.1 Å². The predicted molar refractivity (Wildman–Crippen MR) is 77.1 cm³/mol. The minimum atomic E-state index is 0.464. The predicted octanol–water partition coefficient (Wildman–Crippen LogP) is 3.73. The molecule has 5 heteroatoms. The number of hydrogen-bond acceptors (Lipinski definition) is 5. The van der Waals surface area contributed by atoms with E-state index in [2.05, 4.69) is 35.8 Å². The van der Waals surface area contributed by atoms with Gasteiger partial charge in [0.25, 0.3) is 0 Å². The van der Waals surface area contributed by atoms with Gasteiger partial charge in [0.05, 0.1) is 12.8 Å². The number of furan rings is 1. The van der Waals surface area contributed by atoms with Crippen molar-refractivity contribution in [1.29, 1.82) is 0 Å². The Morgan fingerprint density at radius 3 is 2.80 bits per heavy atom. The summed E-state index contributed by atoms with van der Waals surface area (Å²) in [6.45, 7) is 8.35. The smallest absolute Gasteiger partial charge is 0.241 e. The molecule has 0 saturated carbocycles. The number of nitrogens with zero attached hydrogens (tertiary/aromatic N) is 3. The topological polar surface area (TPSA) is 55.3 Å². The van der Waals surface area contributed by atoms with Crippen LogP contribution in [0, 0.1) is 0 Å². The van der Waals surface area contributed by atoms with Crippen LogP contribution in [0.4, 0.5) is 0 Å². The SMILES string of the molecule is CCCCCN(Cc1nc(-c2ccco2)no1)C(C)C. The molecular formula is C15H23N3O2. The lowest BCUT2D eigenvalue weighted by molar-refractivity contribution is 0.181. The van der Waals surface area contributed by atoms with Crippen LogP contribution in [-0.4, -0.2) is 27.6 Å². The van der Waals surface area contributed by atoms with E-state index < -0.39 is 0 Å². The van der Waals surface area contributed by atoms with E-state index in [4.69, 9.17) is 8.94 Å². The Morgan fingerprint density at radius 2 is 2.15 bits per heavy atom. The van der Waals surface area contributed by atoms with Crippen LogP contribution in [0.2, 0.25) is 0 Å². The van der Waals surface area contributed by atoms with Gasteiger partial charge in [0.1, 0.15) is 0 Å². The fraction of sp³-hybridized carbons (Fsp3) is 0.600. The molecule has 2 heterocycles. The number of unbranched alkanes of at least 4 members (excludes halogenated alkanes) is 2. The van der Waals surface area contributed by atoms with Crippen LogP contribution < -0.4 is 0 Å². The van der Waals surface area contributed by atoms with E-state index in [-0.39, 0.29) is 0 Å². The van der Waals surface area contributed by atoms with Gasteiger partial charge in [-0.3, -0.25) is 4.90 Å². The van der Waals surface area contributed by atoms with E-state index in [0.29, 0.717) is 30.1 Å². The molecule has 0 fully saturated rings. The summed E-state index contributed by atoms with van der Waals surface area (Å²) >= 11 is 0. The van der Waals surface area contributed by atoms with E-state index in [9.17, 15) is 0 Å². The van der Waals surface area contributed by atoms with Gasteiger partial charge >= 0.3 is 0 Å². The van der Waals surface area contributed by atoms with Gasteiger partial charge in [-0.2, -0.15) is 4.98 Å². The lowest BCUT2D eigenvalue weighted by Crippen LogP contribution is -2.31. The second-order valence-electron chi connectivity index (χ2n) is 5.26. The Morgan fingerprint density at radius 1 is 1.30 bits per heavy atom. The van der Waals surface area contributed by atoms with Gasteiger partial charge in [0.15, 0.2) is 5.76 Å². The van der Waals surface area contributed by atoms with Crippen molar-refractivity contribution in [3.8, 4) is 11.6 Å². The van der Waals surface area contributed by atoms with Gasteiger partial charge in [-0.15, -0.1) is 0 Å². The molecule has 2 aromatic heterocycles. The lowest BCUT2D eigenvalue weighted by atomic mass is 10.2. The van der Waals surface area contributed by atoms with Gasteiger partial charge in [0, 0.05) is 6.04 Å². The van der Waals surface area contributed by atoms with Gasteiger partial charge in [0.2, 0.25) is 11.7 Å². The zero-order valence-corrected chi connectivity index (χ0v) is 12.5. The molecule has 110 valence electrons. The first-order valence-electron chi connectivity index (χ1n) is 7.31. The average Bonchev–Trinajstić information content (AvgIpc) is 3.08. The highest BCUT2D eigenvalue weighted by Gasteiger charge is 2.16. The first-order valence-corrected chi connectivity index (χ1v) is 7.31. The summed E-state index contributed by atoms with van der Waals surface area (Å²) in [5.41, 5.74) is 0. The summed E-state index contributed by atoms with van der Waals surface area (Å²) < 4.78 is 10.6. The molecule has 20 heavy (non-hydrogen) atoms. The highest BCUT2D eigenvalue weighted by atomic mass is 16.5. The van der Waals surface area contributed by atoms with Crippen molar-refractivity contribution < 1.29 is 8.94 Å². The molecular weight excluding hydrogens is 254 g/mol. The van der Waals surface area contributed by atoms with Crippen LogP contribution in [0.1, 0.15) is 45.9 Å². The summed E-state index contributed by atoms with van der Waals surface area (Å²) in [4.78, 5) is 6.75. The molecule has 0 aliphatic rings. The molecule has 0 atom stereocenters. The third-order valence-corrected chi connectivity index (χ3v) is 3.33. The van der Waals surface area contributed by atoms with Crippen molar-refractivity contribution in [1.82, 2.24) is 15.0 Å². The molecule has 0 aliphatic heterocycles. The van der Waals surface area contributed by atoms with Crippen molar-refractivity contribution in [2.24, 2.45) is 0 Å². The fourth-order valence-corrected chi connectivity index (χ4v) is 2.08. The number of hydrogen-bond donors (Lipinski definition) is 0. The molecule has 2 rings (SSSR count). The molecule has 0 spiro atoms. The van der Waals surface area contributed by atoms with E-state index in [1.165, 1.54) is 19.3 Å².